The van der Waals surface area contributed by atoms with E-state index in [9.17, 15) is 14.7 Å². The molecule has 2 N–H and O–H groups in total. The molecule has 6 aliphatic rings. The second-order valence-corrected chi connectivity index (χ2v) is 22.6. The van der Waals surface area contributed by atoms with Crippen LogP contribution in [0.3, 0.4) is 0 Å². The van der Waals surface area contributed by atoms with Crippen molar-refractivity contribution in [3.63, 3.8) is 0 Å². The van der Waals surface area contributed by atoms with E-state index in [0.717, 1.165) is 75.8 Å². The first kappa shape index (κ1) is 43.9. The second kappa shape index (κ2) is 16.6. The monoisotopic (exact) mass is 801 g/mol. The van der Waals surface area contributed by atoms with Gasteiger partial charge >= 0.3 is 11.9 Å². The second-order valence-electron chi connectivity index (χ2n) is 22.6. The Kier molecular flexibility index (Phi) is 12.5. The molecule has 1 heterocycles. The first-order chi connectivity index (χ1) is 27.4. The number of rotatable bonds is 13. The topological polar surface area (TPSA) is 88.1 Å². The zero-order valence-electron chi connectivity index (χ0n) is 37.8. The summed E-state index contributed by atoms with van der Waals surface area (Å²) in [4.78, 5) is 29.3. The molecule has 10 atom stereocenters. The molecule has 1 aliphatic heterocycles. The van der Waals surface area contributed by atoms with E-state index in [1.165, 1.54) is 63.4 Å². The number of esters is 2. The van der Waals surface area contributed by atoms with Gasteiger partial charge in [-0.25, -0.2) is 0 Å². The fraction of sp³-hybridized carbons (Fsp3) is 0.804. The number of aliphatic hydroxyl groups is 1. The molecule has 0 bridgehead atoms. The maximum absolute atomic E-state index is 13.6. The minimum atomic E-state index is -0.963. The lowest BCUT2D eigenvalue weighted by molar-refractivity contribution is -0.250. The highest BCUT2D eigenvalue weighted by Gasteiger charge is 2.71. The van der Waals surface area contributed by atoms with Crippen molar-refractivity contribution in [2.75, 3.05) is 32.7 Å². The van der Waals surface area contributed by atoms with Gasteiger partial charge in [0.2, 0.25) is 0 Å². The number of hydrogen-bond donors (Lipinski definition) is 2. The molecule has 1 saturated heterocycles. The van der Waals surface area contributed by atoms with E-state index in [4.69, 9.17) is 9.47 Å². The molecule has 6 fully saturated rings. The first-order valence-electron chi connectivity index (χ1n) is 23.5. The fourth-order valence-corrected chi connectivity index (χ4v) is 15.3. The number of benzene rings is 1. The van der Waals surface area contributed by atoms with Gasteiger partial charge in [-0.15, -0.1) is 0 Å². The molecule has 5 saturated carbocycles. The van der Waals surface area contributed by atoms with Crippen LogP contribution in [0.5, 0.6) is 0 Å². The smallest absolute Gasteiger partial charge is 0.312 e. The Bertz CT molecular complexity index is 1630. The number of nitrogens with zero attached hydrogens (tertiary/aromatic N) is 1. The summed E-state index contributed by atoms with van der Waals surface area (Å²) in [5.41, 5.74) is 2.43. The number of piperidine rings is 1. The number of carbonyl (C=O) groups excluding carboxylic acids is 2. The number of hydrogen-bond acceptors (Lipinski definition) is 7. The Morgan fingerprint density at radius 1 is 0.862 bits per heavy atom. The van der Waals surface area contributed by atoms with Crippen LogP contribution in [0.2, 0.25) is 0 Å². The van der Waals surface area contributed by atoms with E-state index in [0.29, 0.717) is 28.6 Å². The van der Waals surface area contributed by atoms with E-state index < -0.39 is 5.41 Å². The third-order valence-corrected chi connectivity index (χ3v) is 18.8. The highest BCUT2D eigenvalue weighted by atomic mass is 16.5. The molecule has 5 aliphatic carbocycles. The van der Waals surface area contributed by atoms with Crippen molar-refractivity contribution in [2.45, 2.75) is 164 Å². The zero-order valence-corrected chi connectivity index (χ0v) is 37.8. The van der Waals surface area contributed by atoms with Gasteiger partial charge in [0.15, 0.2) is 0 Å². The predicted molar refractivity (Wildman–Crippen MR) is 233 cm³/mol. The standard InChI is InChI=1S/C51H80N2O5/c1-35(2)38-17-24-51(27-28-52-29-32-53-30-20-37(54)21-31-53)26-25-49(8)39(44(38)51)15-16-41-48(7)22-19-42(47(5,6)40(48)18-23-50(41,49)9)58-43(55)33-46(3,4)45(56)57-34-36-13-11-10-12-14-36/h10-14,37-42,44,52,54H,1,15-34H2,2-9H3/t38-,39+,40-,41+,42-,44+,48-,49+,50+,51+/m0/s1. The maximum atomic E-state index is 13.6. The van der Waals surface area contributed by atoms with Crippen molar-refractivity contribution in [2.24, 2.45) is 62.1 Å². The van der Waals surface area contributed by atoms with E-state index in [2.05, 4.69) is 58.3 Å². The lowest BCUT2D eigenvalue weighted by Crippen LogP contribution is -2.66. The molecule has 0 aromatic heterocycles. The van der Waals surface area contributed by atoms with Crippen molar-refractivity contribution in [1.82, 2.24) is 10.2 Å². The molecule has 0 spiro atoms. The Hall–Kier alpha value is -2.22. The van der Waals surface area contributed by atoms with Crippen LogP contribution in [0.15, 0.2) is 42.5 Å². The minimum Gasteiger partial charge on any atom is -0.462 e. The summed E-state index contributed by atoms with van der Waals surface area (Å²) in [5.74, 6) is 2.58. The van der Waals surface area contributed by atoms with Gasteiger partial charge in [0, 0.05) is 31.6 Å². The molecule has 7 nitrogen and oxygen atoms in total. The summed E-state index contributed by atoms with van der Waals surface area (Å²) in [7, 11) is 0. The molecule has 0 amide bonds. The molecule has 1 aromatic rings. The van der Waals surface area contributed by atoms with Crippen molar-refractivity contribution in [1.29, 1.82) is 0 Å². The number of fused-ring (bicyclic) bond motifs is 7. The molecule has 0 unspecified atom stereocenters. The summed E-state index contributed by atoms with van der Waals surface area (Å²) in [6.45, 7) is 28.9. The number of allylic oxidation sites excluding steroid dienone is 1. The SMILES string of the molecule is C=C(C)[C@@H]1CC[C@]2(CCNCCN3CCC(O)CC3)CC[C@]3(C)[C@H](CC[C@@H]4[C@@]5(C)CC[C@H](OC(=O)CC(C)(C)C(=O)OCc6ccccc6)C(C)(C)[C@@H]5CC[C@]43C)[C@@H]12. The molecule has 0 radical (unpaired) electrons. The minimum absolute atomic E-state index is 0.0177. The summed E-state index contributed by atoms with van der Waals surface area (Å²) in [6.07, 6.45) is 15.3. The number of carbonyl (C=O) groups is 2. The average Bonchev–Trinajstić information content (AvgIpc) is 3.56. The predicted octanol–water partition coefficient (Wildman–Crippen LogP) is 10.2. The number of aliphatic hydroxyl groups excluding tert-OH is 1. The molecule has 58 heavy (non-hydrogen) atoms. The van der Waals surface area contributed by atoms with E-state index in [1.54, 1.807) is 13.8 Å². The van der Waals surface area contributed by atoms with E-state index >= 15 is 0 Å². The van der Waals surface area contributed by atoms with Crippen molar-refractivity contribution >= 4 is 11.9 Å². The number of nitrogens with one attached hydrogen (secondary N) is 1. The van der Waals surface area contributed by atoms with E-state index in [1.807, 2.05) is 30.3 Å². The van der Waals surface area contributed by atoms with Crippen LogP contribution in [-0.2, 0) is 25.7 Å². The van der Waals surface area contributed by atoms with Crippen LogP contribution in [0, 0.1) is 62.1 Å². The summed E-state index contributed by atoms with van der Waals surface area (Å²) >= 11 is 0. The van der Waals surface area contributed by atoms with Gasteiger partial charge in [0.1, 0.15) is 12.7 Å². The van der Waals surface area contributed by atoms with E-state index in [-0.39, 0.29) is 53.4 Å². The Balaban J connectivity index is 1.00. The van der Waals surface area contributed by atoms with Crippen molar-refractivity contribution in [3.05, 3.63) is 48.0 Å². The normalized spacial score (nSPS) is 38.8. The van der Waals surface area contributed by atoms with Crippen LogP contribution in [0.4, 0.5) is 0 Å². The molecular formula is C51H80N2O5. The molecule has 324 valence electrons. The average molecular weight is 801 g/mol. The lowest BCUT2D eigenvalue weighted by atomic mass is 9.32. The summed E-state index contributed by atoms with van der Waals surface area (Å²) in [6, 6.07) is 9.69. The van der Waals surface area contributed by atoms with Crippen molar-refractivity contribution in [3.8, 4) is 0 Å². The Morgan fingerprint density at radius 3 is 2.29 bits per heavy atom. The third kappa shape index (κ3) is 7.89. The highest BCUT2D eigenvalue weighted by Crippen LogP contribution is 2.78. The lowest BCUT2D eigenvalue weighted by Gasteiger charge is -2.73. The Morgan fingerprint density at radius 2 is 1.59 bits per heavy atom. The fourth-order valence-electron chi connectivity index (χ4n) is 15.3. The molecule has 7 heteroatoms. The van der Waals surface area contributed by atoms with Gasteiger partial charge in [-0.3, -0.25) is 9.59 Å². The quantitative estimate of drug-likeness (QED) is 0.117. The van der Waals surface area contributed by atoms with Gasteiger partial charge in [0.25, 0.3) is 0 Å². The Labute approximate surface area is 352 Å². The van der Waals surface area contributed by atoms with Gasteiger partial charge in [-0.1, -0.05) is 77.1 Å². The molecule has 1 aromatic carbocycles. The van der Waals surface area contributed by atoms with Gasteiger partial charge in [0.05, 0.1) is 17.9 Å². The van der Waals surface area contributed by atoms with Crippen LogP contribution in [0.25, 0.3) is 0 Å². The highest BCUT2D eigenvalue weighted by molar-refractivity contribution is 5.82. The van der Waals surface area contributed by atoms with Gasteiger partial charge in [-0.2, -0.15) is 0 Å². The maximum Gasteiger partial charge on any atom is 0.312 e. The van der Waals surface area contributed by atoms with Crippen molar-refractivity contribution < 1.29 is 24.2 Å². The summed E-state index contributed by atoms with van der Waals surface area (Å²) in [5, 5.41) is 13.8. The first-order valence-corrected chi connectivity index (χ1v) is 23.5. The third-order valence-electron chi connectivity index (χ3n) is 18.8. The van der Waals surface area contributed by atoms with Gasteiger partial charge in [-0.05, 0) is 168 Å². The number of ether oxygens (including phenoxy) is 2. The zero-order chi connectivity index (χ0) is 41.7. The van der Waals surface area contributed by atoms with Gasteiger partial charge < -0.3 is 24.8 Å². The van der Waals surface area contributed by atoms with Crippen LogP contribution in [0.1, 0.15) is 151 Å². The van der Waals surface area contributed by atoms with Crippen LogP contribution >= 0.6 is 0 Å². The largest absolute Gasteiger partial charge is 0.462 e. The van der Waals surface area contributed by atoms with Crippen LogP contribution < -0.4 is 5.32 Å². The van der Waals surface area contributed by atoms with Crippen LogP contribution in [-0.4, -0.2) is 66.9 Å². The number of likely N-dealkylation sites (tertiary alicyclic amines) is 1. The summed E-state index contributed by atoms with van der Waals surface area (Å²) < 4.78 is 12.1. The molecular weight excluding hydrogens is 721 g/mol. The molecule has 7 rings (SSSR count).